The van der Waals surface area contributed by atoms with Gasteiger partial charge in [-0.05, 0) is 50.2 Å². The lowest BCUT2D eigenvalue weighted by atomic mass is 10.1. The number of nitrogens with two attached hydrogens (primary N) is 1. The fraction of sp³-hybridized carbons (Fsp3) is 0.273. The number of carbonyl (C=O) groups excluding carboxylic acids is 1. The van der Waals surface area contributed by atoms with Gasteiger partial charge in [-0.15, -0.1) is 0 Å². The molecule has 1 amide bonds. The van der Waals surface area contributed by atoms with E-state index < -0.39 is 17.2 Å². The van der Waals surface area contributed by atoms with Crippen LogP contribution in [0.3, 0.4) is 0 Å². The summed E-state index contributed by atoms with van der Waals surface area (Å²) in [5.41, 5.74) is 6.10. The molecule has 0 bridgehead atoms. The van der Waals surface area contributed by atoms with Gasteiger partial charge in [-0.2, -0.15) is 0 Å². The third-order valence-corrected chi connectivity index (χ3v) is 5.05. The standard InChI is InChI=1S/C22H22F3N5O/c1-22(2,26)21(31)29-7-8-30-18(12-29)28-19(13-9-15(24)11-16(25)10-13)20(30)27-17-5-3-14(23)4-6-17/h3-6,9-11,27H,7-8,12,26H2,1-2H3. The van der Waals surface area contributed by atoms with E-state index in [9.17, 15) is 18.0 Å². The summed E-state index contributed by atoms with van der Waals surface area (Å²) in [4.78, 5) is 18.8. The van der Waals surface area contributed by atoms with Gasteiger partial charge in [-0.25, -0.2) is 18.2 Å². The third kappa shape index (κ3) is 4.27. The highest BCUT2D eigenvalue weighted by atomic mass is 19.1. The van der Waals surface area contributed by atoms with E-state index in [0.717, 1.165) is 6.07 Å². The topological polar surface area (TPSA) is 76.2 Å². The lowest BCUT2D eigenvalue weighted by molar-refractivity contribution is -0.137. The van der Waals surface area contributed by atoms with Crippen molar-refractivity contribution in [2.45, 2.75) is 32.5 Å². The van der Waals surface area contributed by atoms with Crippen molar-refractivity contribution in [1.82, 2.24) is 14.5 Å². The molecular formula is C22H22F3N5O. The van der Waals surface area contributed by atoms with Crippen LogP contribution in [0.2, 0.25) is 0 Å². The maximum Gasteiger partial charge on any atom is 0.242 e. The Morgan fingerprint density at radius 1 is 1.03 bits per heavy atom. The normalized spacial score (nSPS) is 13.8. The zero-order chi connectivity index (χ0) is 22.3. The molecule has 31 heavy (non-hydrogen) atoms. The predicted molar refractivity (Wildman–Crippen MR) is 111 cm³/mol. The van der Waals surface area contributed by atoms with E-state index in [1.165, 1.54) is 24.3 Å². The minimum Gasteiger partial charge on any atom is -0.340 e. The van der Waals surface area contributed by atoms with Crippen molar-refractivity contribution < 1.29 is 18.0 Å². The van der Waals surface area contributed by atoms with Crippen molar-refractivity contribution in [3.63, 3.8) is 0 Å². The molecule has 0 saturated heterocycles. The van der Waals surface area contributed by atoms with Gasteiger partial charge in [0.05, 0.1) is 12.1 Å². The summed E-state index contributed by atoms with van der Waals surface area (Å²) >= 11 is 0. The van der Waals surface area contributed by atoms with Crippen LogP contribution in [0.1, 0.15) is 19.7 Å². The number of aromatic nitrogens is 2. The first-order chi connectivity index (χ1) is 14.6. The van der Waals surface area contributed by atoms with Crippen LogP contribution in [0, 0.1) is 17.5 Å². The second kappa shape index (κ2) is 7.73. The van der Waals surface area contributed by atoms with Crippen LogP contribution < -0.4 is 11.1 Å². The molecule has 0 aliphatic carbocycles. The quantitative estimate of drug-likeness (QED) is 0.662. The van der Waals surface area contributed by atoms with Crippen molar-refractivity contribution in [2.24, 2.45) is 5.73 Å². The van der Waals surface area contributed by atoms with E-state index in [4.69, 9.17) is 5.73 Å². The Bertz CT molecular complexity index is 1120. The highest BCUT2D eigenvalue weighted by Gasteiger charge is 2.32. The molecule has 0 radical (unpaired) electrons. The van der Waals surface area contributed by atoms with Gasteiger partial charge in [0.25, 0.3) is 0 Å². The molecule has 6 nitrogen and oxygen atoms in total. The molecule has 2 aromatic carbocycles. The number of nitrogens with one attached hydrogen (secondary N) is 1. The molecule has 1 aliphatic rings. The minimum atomic E-state index is -1.03. The van der Waals surface area contributed by atoms with Gasteiger partial charge in [0.1, 0.15) is 34.8 Å². The molecule has 9 heteroatoms. The number of carbonyl (C=O) groups is 1. The average Bonchev–Trinajstić information content (AvgIpc) is 3.05. The van der Waals surface area contributed by atoms with E-state index in [1.807, 2.05) is 4.57 Å². The Morgan fingerprint density at radius 3 is 2.29 bits per heavy atom. The van der Waals surface area contributed by atoms with Crippen molar-refractivity contribution in [3.05, 3.63) is 65.7 Å². The Labute approximate surface area is 177 Å². The predicted octanol–water partition coefficient (Wildman–Crippen LogP) is 3.79. The zero-order valence-corrected chi connectivity index (χ0v) is 17.1. The molecule has 2 heterocycles. The summed E-state index contributed by atoms with van der Waals surface area (Å²) in [6.07, 6.45) is 0. The van der Waals surface area contributed by atoms with Gasteiger partial charge in [0.2, 0.25) is 5.91 Å². The zero-order valence-electron chi connectivity index (χ0n) is 17.1. The molecule has 1 aliphatic heterocycles. The molecule has 0 unspecified atom stereocenters. The van der Waals surface area contributed by atoms with E-state index >= 15 is 0 Å². The van der Waals surface area contributed by atoms with Crippen LogP contribution in [-0.4, -0.2) is 32.4 Å². The number of nitrogens with zero attached hydrogens (tertiary/aromatic N) is 3. The van der Waals surface area contributed by atoms with Gasteiger partial charge < -0.3 is 20.5 Å². The van der Waals surface area contributed by atoms with Gasteiger partial charge >= 0.3 is 0 Å². The lowest BCUT2D eigenvalue weighted by Crippen LogP contribution is -2.52. The summed E-state index contributed by atoms with van der Waals surface area (Å²) in [7, 11) is 0. The molecule has 0 saturated carbocycles. The highest BCUT2D eigenvalue weighted by Crippen LogP contribution is 2.34. The Balaban J connectivity index is 1.78. The molecule has 4 rings (SSSR count). The second-order valence-electron chi connectivity index (χ2n) is 8.12. The maximum atomic E-state index is 13.9. The molecule has 0 spiro atoms. The lowest BCUT2D eigenvalue weighted by Gasteiger charge is -2.33. The van der Waals surface area contributed by atoms with Crippen LogP contribution >= 0.6 is 0 Å². The monoisotopic (exact) mass is 429 g/mol. The van der Waals surface area contributed by atoms with Crippen molar-refractivity contribution in [3.8, 4) is 11.3 Å². The van der Waals surface area contributed by atoms with Crippen LogP contribution in [-0.2, 0) is 17.9 Å². The number of imidazole rings is 1. The van der Waals surface area contributed by atoms with Crippen LogP contribution in [0.25, 0.3) is 11.3 Å². The summed E-state index contributed by atoms with van der Waals surface area (Å²) in [5.74, 6) is -0.996. The molecule has 1 aromatic heterocycles. The largest absolute Gasteiger partial charge is 0.340 e. The van der Waals surface area contributed by atoms with Crippen LogP contribution in [0.4, 0.5) is 24.7 Å². The fourth-order valence-corrected chi connectivity index (χ4v) is 3.60. The number of benzene rings is 2. The minimum absolute atomic E-state index is 0.204. The summed E-state index contributed by atoms with van der Waals surface area (Å²) in [5, 5.41) is 3.18. The molecule has 0 fully saturated rings. The van der Waals surface area contributed by atoms with Crippen molar-refractivity contribution >= 4 is 17.4 Å². The van der Waals surface area contributed by atoms with E-state index in [-0.39, 0.29) is 23.8 Å². The van der Waals surface area contributed by atoms with Gasteiger partial charge in [-0.1, -0.05) is 0 Å². The molecular weight excluding hydrogens is 407 g/mol. The molecule has 3 N–H and O–H groups in total. The molecule has 3 aromatic rings. The Kier molecular flexibility index (Phi) is 5.22. The summed E-state index contributed by atoms with van der Waals surface area (Å²) in [6, 6.07) is 8.90. The smallest absolute Gasteiger partial charge is 0.242 e. The SMILES string of the molecule is CC(C)(N)C(=O)N1CCn2c(nc(-c3cc(F)cc(F)c3)c2Nc2ccc(F)cc2)C1. The number of fused-ring (bicyclic) bond motifs is 1. The first-order valence-corrected chi connectivity index (χ1v) is 9.78. The van der Waals surface area contributed by atoms with Crippen LogP contribution in [0.15, 0.2) is 42.5 Å². The van der Waals surface area contributed by atoms with E-state index in [0.29, 0.717) is 36.1 Å². The Hall–Kier alpha value is -3.33. The van der Waals surface area contributed by atoms with Crippen LogP contribution in [0.5, 0.6) is 0 Å². The number of amides is 1. The third-order valence-electron chi connectivity index (χ3n) is 5.05. The number of hydrogen-bond donors (Lipinski definition) is 2. The number of halogens is 3. The number of hydrogen-bond acceptors (Lipinski definition) is 4. The summed E-state index contributed by atoms with van der Waals surface area (Å²) < 4.78 is 43.0. The molecule has 162 valence electrons. The number of anilines is 2. The molecule has 0 atom stereocenters. The van der Waals surface area contributed by atoms with Crippen molar-refractivity contribution in [2.75, 3.05) is 11.9 Å². The van der Waals surface area contributed by atoms with Gasteiger partial charge in [0.15, 0.2) is 0 Å². The van der Waals surface area contributed by atoms with E-state index in [1.54, 1.807) is 30.9 Å². The van der Waals surface area contributed by atoms with Gasteiger partial charge in [0, 0.05) is 30.4 Å². The second-order valence-corrected chi connectivity index (χ2v) is 8.12. The fourth-order valence-electron chi connectivity index (χ4n) is 3.60. The first-order valence-electron chi connectivity index (χ1n) is 9.78. The average molecular weight is 429 g/mol. The highest BCUT2D eigenvalue weighted by molar-refractivity contribution is 5.85. The summed E-state index contributed by atoms with van der Waals surface area (Å²) in [6.45, 7) is 4.29. The van der Waals surface area contributed by atoms with E-state index in [2.05, 4.69) is 10.3 Å². The number of rotatable bonds is 4. The Morgan fingerprint density at radius 2 is 1.68 bits per heavy atom. The van der Waals surface area contributed by atoms with Gasteiger partial charge in [-0.3, -0.25) is 4.79 Å². The first kappa shape index (κ1) is 20.9. The maximum absolute atomic E-state index is 13.9. The van der Waals surface area contributed by atoms with Crippen molar-refractivity contribution in [1.29, 1.82) is 0 Å².